The highest BCUT2D eigenvalue weighted by Crippen LogP contribution is 2.33. The standard InChI is InChI=1S/C21H21N3O2/c1-13-8-9-18(15(3)10-13)24-12-16(11-19(24)25)21-22-20(23-26-21)17-7-5-4-6-14(17)2/h4-10,16H,11-12H2,1-3H3/t16-/m0/s1. The molecule has 1 fully saturated rings. The molecule has 5 heteroatoms. The van der Waals surface area contributed by atoms with Crippen molar-refractivity contribution in [3.8, 4) is 11.4 Å². The zero-order chi connectivity index (χ0) is 18.3. The maximum atomic E-state index is 12.6. The van der Waals surface area contributed by atoms with E-state index in [4.69, 9.17) is 4.52 Å². The van der Waals surface area contributed by atoms with E-state index in [0.717, 1.165) is 22.4 Å². The summed E-state index contributed by atoms with van der Waals surface area (Å²) in [5.74, 6) is 1.13. The molecule has 5 nitrogen and oxygen atoms in total. The molecule has 1 saturated heterocycles. The van der Waals surface area contributed by atoms with Crippen LogP contribution in [0.5, 0.6) is 0 Å². The fourth-order valence-corrected chi connectivity index (χ4v) is 3.55. The van der Waals surface area contributed by atoms with E-state index in [1.807, 2.05) is 55.1 Å². The zero-order valence-electron chi connectivity index (χ0n) is 15.2. The normalized spacial score (nSPS) is 17.1. The summed E-state index contributed by atoms with van der Waals surface area (Å²) < 4.78 is 5.50. The van der Waals surface area contributed by atoms with Crippen molar-refractivity contribution in [2.45, 2.75) is 33.1 Å². The number of anilines is 1. The van der Waals surface area contributed by atoms with Gasteiger partial charge in [-0.1, -0.05) is 47.1 Å². The number of amides is 1. The van der Waals surface area contributed by atoms with Crippen molar-refractivity contribution >= 4 is 11.6 Å². The fourth-order valence-electron chi connectivity index (χ4n) is 3.55. The molecule has 1 amide bonds. The molecule has 2 aromatic carbocycles. The minimum Gasteiger partial charge on any atom is -0.339 e. The van der Waals surface area contributed by atoms with E-state index in [0.29, 0.717) is 24.7 Å². The number of carbonyl (C=O) groups excluding carboxylic acids is 1. The van der Waals surface area contributed by atoms with Crippen molar-refractivity contribution in [3.05, 3.63) is 65.0 Å². The summed E-state index contributed by atoms with van der Waals surface area (Å²) in [6.07, 6.45) is 0.392. The first-order valence-electron chi connectivity index (χ1n) is 8.80. The van der Waals surface area contributed by atoms with Gasteiger partial charge >= 0.3 is 0 Å². The third-order valence-electron chi connectivity index (χ3n) is 4.95. The highest BCUT2D eigenvalue weighted by molar-refractivity contribution is 5.97. The lowest BCUT2D eigenvalue weighted by atomic mass is 10.1. The molecule has 4 rings (SSSR count). The Morgan fingerprint density at radius 2 is 1.88 bits per heavy atom. The average molecular weight is 347 g/mol. The summed E-state index contributed by atoms with van der Waals surface area (Å²) in [6.45, 7) is 6.67. The lowest BCUT2D eigenvalue weighted by molar-refractivity contribution is -0.117. The van der Waals surface area contributed by atoms with Gasteiger partial charge in [-0.25, -0.2) is 0 Å². The first kappa shape index (κ1) is 16.5. The SMILES string of the molecule is Cc1ccc(N2C[C@@H](c3nc(-c4ccccc4C)no3)CC2=O)c(C)c1. The molecule has 1 atom stereocenters. The van der Waals surface area contributed by atoms with Gasteiger partial charge in [-0.3, -0.25) is 4.79 Å². The van der Waals surface area contributed by atoms with Crippen molar-refractivity contribution < 1.29 is 9.32 Å². The quantitative estimate of drug-likeness (QED) is 0.713. The van der Waals surface area contributed by atoms with Crippen LogP contribution in [0.4, 0.5) is 5.69 Å². The minimum absolute atomic E-state index is 0.0755. The van der Waals surface area contributed by atoms with Crippen LogP contribution in [0.25, 0.3) is 11.4 Å². The Morgan fingerprint density at radius 3 is 2.65 bits per heavy atom. The van der Waals surface area contributed by atoms with Gasteiger partial charge in [0.2, 0.25) is 17.6 Å². The van der Waals surface area contributed by atoms with E-state index in [-0.39, 0.29) is 11.8 Å². The number of aromatic nitrogens is 2. The molecule has 0 unspecified atom stereocenters. The molecular weight excluding hydrogens is 326 g/mol. The molecule has 1 aliphatic rings. The highest BCUT2D eigenvalue weighted by Gasteiger charge is 2.35. The van der Waals surface area contributed by atoms with E-state index >= 15 is 0 Å². The molecular formula is C21H21N3O2. The van der Waals surface area contributed by atoms with Crippen LogP contribution in [0.2, 0.25) is 0 Å². The average Bonchev–Trinajstić information content (AvgIpc) is 3.22. The molecule has 2 heterocycles. The second-order valence-corrected chi connectivity index (χ2v) is 6.97. The molecule has 0 bridgehead atoms. The van der Waals surface area contributed by atoms with Gasteiger partial charge in [0.25, 0.3) is 0 Å². The van der Waals surface area contributed by atoms with Gasteiger partial charge in [-0.05, 0) is 38.0 Å². The van der Waals surface area contributed by atoms with Crippen LogP contribution in [-0.4, -0.2) is 22.6 Å². The summed E-state index contributed by atoms with van der Waals surface area (Å²) >= 11 is 0. The molecule has 1 aliphatic heterocycles. The smallest absolute Gasteiger partial charge is 0.232 e. The maximum Gasteiger partial charge on any atom is 0.232 e. The summed E-state index contributed by atoms with van der Waals surface area (Å²) in [7, 11) is 0. The summed E-state index contributed by atoms with van der Waals surface area (Å²) in [4.78, 5) is 19.0. The van der Waals surface area contributed by atoms with E-state index in [1.165, 1.54) is 5.56 Å². The summed E-state index contributed by atoms with van der Waals surface area (Å²) in [5.41, 5.74) is 5.30. The van der Waals surface area contributed by atoms with Gasteiger partial charge in [-0.2, -0.15) is 4.98 Å². The Hall–Kier alpha value is -2.95. The van der Waals surface area contributed by atoms with Crippen LogP contribution in [-0.2, 0) is 4.79 Å². The van der Waals surface area contributed by atoms with Gasteiger partial charge in [0.15, 0.2) is 0 Å². The van der Waals surface area contributed by atoms with E-state index in [1.54, 1.807) is 0 Å². The van der Waals surface area contributed by atoms with E-state index in [9.17, 15) is 4.79 Å². The van der Waals surface area contributed by atoms with Crippen molar-refractivity contribution in [1.29, 1.82) is 0 Å². The second kappa shape index (κ2) is 6.41. The Morgan fingerprint density at radius 1 is 1.08 bits per heavy atom. The largest absolute Gasteiger partial charge is 0.339 e. The summed E-state index contributed by atoms with van der Waals surface area (Å²) in [5, 5.41) is 4.13. The predicted octanol–water partition coefficient (Wildman–Crippen LogP) is 4.18. The third-order valence-corrected chi connectivity index (χ3v) is 4.95. The van der Waals surface area contributed by atoms with E-state index in [2.05, 4.69) is 23.1 Å². The van der Waals surface area contributed by atoms with Crippen LogP contribution in [0.15, 0.2) is 47.0 Å². The van der Waals surface area contributed by atoms with E-state index < -0.39 is 0 Å². The number of hydrogen-bond acceptors (Lipinski definition) is 4. The lowest BCUT2D eigenvalue weighted by Gasteiger charge is -2.19. The Kier molecular flexibility index (Phi) is 4.07. The molecule has 0 saturated carbocycles. The Bertz CT molecular complexity index is 977. The fraction of sp³-hybridized carbons (Fsp3) is 0.286. The summed E-state index contributed by atoms with van der Waals surface area (Å²) in [6, 6.07) is 14.1. The zero-order valence-corrected chi connectivity index (χ0v) is 15.2. The van der Waals surface area contributed by atoms with Gasteiger partial charge in [-0.15, -0.1) is 0 Å². The molecule has 132 valence electrons. The van der Waals surface area contributed by atoms with Crippen LogP contribution in [0.3, 0.4) is 0 Å². The van der Waals surface area contributed by atoms with Crippen LogP contribution < -0.4 is 4.90 Å². The molecule has 0 aliphatic carbocycles. The van der Waals surface area contributed by atoms with Crippen molar-refractivity contribution in [1.82, 2.24) is 10.1 Å². The molecule has 0 spiro atoms. The van der Waals surface area contributed by atoms with Crippen molar-refractivity contribution in [2.24, 2.45) is 0 Å². The first-order chi connectivity index (χ1) is 12.5. The van der Waals surface area contributed by atoms with Crippen LogP contribution >= 0.6 is 0 Å². The third kappa shape index (κ3) is 2.90. The number of nitrogens with zero attached hydrogens (tertiary/aromatic N) is 3. The maximum absolute atomic E-state index is 12.6. The van der Waals surface area contributed by atoms with Crippen LogP contribution in [0.1, 0.15) is 34.9 Å². The molecule has 0 radical (unpaired) electrons. The second-order valence-electron chi connectivity index (χ2n) is 6.97. The number of aryl methyl sites for hydroxylation is 3. The van der Waals surface area contributed by atoms with Crippen molar-refractivity contribution in [3.63, 3.8) is 0 Å². The number of carbonyl (C=O) groups is 1. The van der Waals surface area contributed by atoms with Crippen LogP contribution in [0, 0.1) is 20.8 Å². The van der Waals surface area contributed by atoms with Gasteiger partial charge in [0.1, 0.15) is 0 Å². The topological polar surface area (TPSA) is 59.2 Å². The number of hydrogen-bond donors (Lipinski definition) is 0. The minimum atomic E-state index is -0.0755. The lowest BCUT2D eigenvalue weighted by Crippen LogP contribution is -2.25. The Labute approximate surface area is 152 Å². The first-order valence-corrected chi connectivity index (χ1v) is 8.80. The Balaban J connectivity index is 1.59. The molecule has 26 heavy (non-hydrogen) atoms. The van der Waals surface area contributed by atoms with Gasteiger partial charge < -0.3 is 9.42 Å². The molecule has 0 N–H and O–H groups in total. The van der Waals surface area contributed by atoms with Crippen molar-refractivity contribution in [2.75, 3.05) is 11.4 Å². The monoisotopic (exact) mass is 347 g/mol. The number of rotatable bonds is 3. The molecule has 1 aromatic heterocycles. The number of benzene rings is 2. The highest BCUT2D eigenvalue weighted by atomic mass is 16.5. The van der Waals surface area contributed by atoms with Gasteiger partial charge in [0.05, 0.1) is 5.92 Å². The predicted molar refractivity (Wildman–Crippen MR) is 100 cm³/mol. The van der Waals surface area contributed by atoms with Gasteiger partial charge in [0, 0.05) is 24.2 Å². The molecule has 3 aromatic rings.